The number of aliphatic imine (C=N–C) groups is 1. The molecule has 9 heteroatoms. The molecule has 2 heterocycles. The number of nitrogens with zero attached hydrogens (tertiary/aromatic N) is 4. The van der Waals surface area contributed by atoms with E-state index in [4.69, 9.17) is 21.3 Å². The van der Waals surface area contributed by atoms with Crippen LogP contribution < -0.4 is 10.6 Å². The SMILES string of the molecule is CCc1nncn1CCNC(=NCC1CCCO1)NCCc1cccc(Cl)c1.I. The molecule has 3 rings (SSSR count). The summed E-state index contributed by atoms with van der Waals surface area (Å²) in [6.45, 7) is 5.94. The highest BCUT2D eigenvalue weighted by molar-refractivity contribution is 14.0. The van der Waals surface area contributed by atoms with Gasteiger partial charge in [-0.2, -0.15) is 0 Å². The number of nitrogens with one attached hydrogen (secondary N) is 2. The molecule has 7 nitrogen and oxygen atoms in total. The lowest BCUT2D eigenvalue weighted by Crippen LogP contribution is -2.40. The van der Waals surface area contributed by atoms with E-state index in [1.54, 1.807) is 6.33 Å². The Morgan fingerprint density at radius 3 is 2.97 bits per heavy atom. The van der Waals surface area contributed by atoms with E-state index in [1.165, 1.54) is 5.56 Å². The van der Waals surface area contributed by atoms with Gasteiger partial charge in [-0.3, -0.25) is 4.99 Å². The monoisotopic (exact) mass is 532 g/mol. The number of aryl methyl sites for hydroxylation is 1. The normalized spacial score (nSPS) is 16.5. The molecule has 2 aromatic rings. The van der Waals surface area contributed by atoms with E-state index in [0.717, 1.165) is 68.7 Å². The van der Waals surface area contributed by atoms with Gasteiger partial charge in [0.15, 0.2) is 5.96 Å². The van der Waals surface area contributed by atoms with E-state index in [1.807, 2.05) is 18.2 Å². The number of ether oxygens (including phenoxy) is 1. The highest BCUT2D eigenvalue weighted by Gasteiger charge is 2.15. The van der Waals surface area contributed by atoms with Gasteiger partial charge in [0, 0.05) is 37.7 Å². The molecule has 0 spiro atoms. The van der Waals surface area contributed by atoms with Crippen LogP contribution in [0.2, 0.25) is 5.02 Å². The van der Waals surface area contributed by atoms with Crippen molar-refractivity contribution in [1.29, 1.82) is 0 Å². The minimum Gasteiger partial charge on any atom is -0.376 e. The van der Waals surface area contributed by atoms with Gasteiger partial charge < -0.3 is 19.9 Å². The minimum atomic E-state index is 0. The lowest BCUT2D eigenvalue weighted by atomic mass is 10.1. The highest BCUT2D eigenvalue weighted by Crippen LogP contribution is 2.12. The molecule has 0 aliphatic carbocycles. The Kier molecular flexibility index (Phi) is 10.7. The second-order valence-electron chi connectivity index (χ2n) is 6.85. The smallest absolute Gasteiger partial charge is 0.191 e. The van der Waals surface area contributed by atoms with Crippen LogP contribution >= 0.6 is 35.6 Å². The Labute approximate surface area is 194 Å². The first kappa shape index (κ1) is 23.9. The van der Waals surface area contributed by atoms with Gasteiger partial charge in [-0.05, 0) is 37.0 Å². The van der Waals surface area contributed by atoms with Crippen molar-refractivity contribution in [2.24, 2.45) is 4.99 Å². The second kappa shape index (κ2) is 13.0. The van der Waals surface area contributed by atoms with E-state index in [-0.39, 0.29) is 30.1 Å². The van der Waals surface area contributed by atoms with Crippen LogP contribution in [0.15, 0.2) is 35.6 Å². The number of rotatable bonds is 9. The van der Waals surface area contributed by atoms with Crippen molar-refractivity contribution in [3.63, 3.8) is 0 Å². The zero-order valence-corrected chi connectivity index (χ0v) is 19.9. The Morgan fingerprint density at radius 2 is 2.21 bits per heavy atom. The van der Waals surface area contributed by atoms with Crippen molar-refractivity contribution in [3.8, 4) is 0 Å². The Hall–Kier alpha value is -1.39. The summed E-state index contributed by atoms with van der Waals surface area (Å²) in [7, 11) is 0. The molecular formula is C20H30ClIN6O. The van der Waals surface area contributed by atoms with E-state index >= 15 is 0 Å². The third kappa shape index (κ3) is 8.10. The maximum Gasteiger partial charge on any atom is 0.191 e. The van der Waals surface area contributed by atoms with E-state index in [2.05, 4.69) is 38.4 Å². The molecule has 1 atom stereocenters. The molecule has 1 aromatic heterocycles. The molecule has 1 aliphatic heterocycles. The van der Waals surface area contributed by atoms with Crippen LogP contribution in [0.5, 0.6) is 0 Å². The summed E-state index contributed by atoms with van der Waals surface area (Å²) in [6.07, 6.45) is 5.97. The number of aromatic nitrogens is 3. The summed E-state index contributed by atoms with van der Waals surface area (Å²) < 4.78 is 7.75. The first-order valence-electron chi connectivity index (χ1n) is 9.99. The van der Waals surface area contributed by atoms with E-state index in [0.29, 0.717) is 6.54 Å². The van der Waals surface area contributed by atoms with Gasteiger partial charge in [-0.25, -0.2) is 0 Å². The molecule has 1 fully saturated rings. The molecule has 29 heavy (non-hydrogen) atoms. The third-order valence-electron chi connectivity index (χ3n) is 4.73. The average Bonchev–Trinajstić information content (AvgIpc) is 3.37. The maximum atomic E-state index is 6.07. The summed E-state index contributed by atoms with van der Waals surface area (Å²) in [5.41, 5.74) is 1.20. The molecule has 1 saturated heterocycles. The fourth-order valence-corrected chi connectivity index (χ4v) is 3.42. The van der Waals surface area contributed by atoms with Crippen molar-refractivity contribution in [1.82, 2.24) is 25.4 Å². The molecular weight excluding hydrogens is 503 g/mol. The van der Waals surface area contributed by atoms with Crippen LogP contribution in [-0.2, 0) is 24.1 Å². The molecule has 0 amide bonds. The van der Waals surface area contributed by atoms with Crippen molar-refractivity contribution >= 4 is 41.5 Å². The van der Waals surface area contributed by atoms with Crippen molar-refractivity contribution in [2.45, 2.75) is 45.3 Å². The van der Waals surface area contributed by atoms with Crippen LogP contribution in [0.4, 0.5) is 0 Å². The van der Waals surface area contributed by atoms with Gasteiger partial charge in [0.2, 0.25) is 0 Å². The zero-order chi connectivity index (χ0) is 19.6. The first-order chi connectivity index (χ1) is 13.7. The largest absolute Gasteiger partial charge is 0.376 e. The lowest BCUT2D eigenvalue weighted by Gasteiger charge is -2.15. The topological polar surface area (TPSA) is 76.4 Å². The molecule has 0 radical (unpaired) electrons. The van der Waals surface area contributed by atoms with Crippen LogP contribution in [-0.4, -0.2) is 53.1 Å². The summed E-state index contributed by atoms with van der Waals surface area (Å²) in [5.74, 6) is 1.80. The fraction of sp³-hybridized carbons (Fsp3) is 0.550. The lowest BCUT2D eigenvalue weighted by molar-refractivity contribution is 0.117. The van der Waals surface area contributed by atoms with Crippen molar-refractivity contribution < 1.29 is 4.74 Å². The standard InChI is InChI=1S/C20H29ClN6O.HI/c1-2-19-26-25-15-27(19)11-10-23-20(24-14-18-7-4-12-28-18)22-9-8-16-5-3-6-17(21)13-16;/h3,5-6,13,15,18H,2,4,7-12,14H2,1H3,(H2,22,23,24);1H. The third-order valence-corrected chi connectivity index (χ3v) is 4.96. The number of guanidine groups is 1. The maximum absolute atomic E-state index is 6.07. The summed E-state index contributed by atoms with van der Waals surface area (Å²) >= 11 is 6.07. The van der Waals surface area contributed by atoms with E-state index < -0.39 is 0 Å². The van der Waals surface area contributed by atoms with Gasteiger partial charge in [0.05, 0.1) is 12.6 Å². The van der Waals surface area contributed by atoms with Gasteiger partial charge in [0.1, 0.15) is 12.2 Å². The van der Waals surface area contributed by atoms with Crippen molar-refractivity contribution in [3.05, 3.63) is 47.0 Å². The highest BCUT2D eigenvalue weighted by atomic mass is 127. The number of benzene rings is 1. The molecule has 2 N–H and O–H groups in total. The Bertz CT molecular complexity index is 763. The molecule has 1 aliphatic rings. The number of hydrogen-bond acceptors (Lipinski definition) is 4. The molecule has 0 bridgehead atoms. The van der Waals surface area contributed by atoms with Crippen LogP contribution in [0.3, 0.4) is 0 Å². The minimum absolute atomic E-state index is 0. The molecule has 160 valence electrons. The summed E-state index contributed by atoms with van der Waals surface area (Å²) in [4.78, 5) is 4.72. The quantitative estimate of drug-likeness (QED) is 0.295. The number of halogens is 2. The molecule has 0 saturated carbocycles. The number of hydrogen-bond donors (Lipinski definition) is 2. The van der Waals surface area contributed by atoms with Crippen LogP contribution in [0.1, 0.15) is 31.2 Å². The average molecular weight is 533 g/mol. The van der Waals surface area contributed by atoms with E-state index in [9.17, 15) is 0 Å². The van der Waals surface area contributed by atoms with Crippen molar-refractivity contribution in [2.75, 3.05) is 26.2 Å². The molecule has 1 aromatic carbocycles. The predicted molar refractivity (Wildman–Crippen MR) is 127 cm³/mol. The summed E-state index contributed by atoms with van der Waals surface area (Å²) in [5, 5.41) is 15.7. The Balaban J connectivity index is 0.00000300. The zero-order valence-electron chi connectivity index (χ0n) is 16.8. The first-order valence-corrected chi connectivity index (χ1v) is 10.4. The van der Waals surface area contributed by atoms with Crippen LogP contribution in [0.25, 0.3) is 0 Å². The van der Waals surface area contributed by atoms with Crippen LogP contribution in [0, 0.1) is 0 Å². The summed E-state index contributed by atoms with van der Waals surface area (Å²) in [6, 6.07) is 7.96. The molecule has 1 unspecified atom stereocenters. The van der Waals surface area contributed by atoms with Gasteiger partial charge >= 0.3 is 0 Å². The van der Waals surface area contributed by atoms with Gasteiger partial charge in [-0.1, -0.05) is 30.7 Å². The second-order valence-corrected chi connectivity index (χ2v) is 7.29. The Morgan fingerprint density at radius 1 is 1.34 bits per heavy atom. The van der Waals surface area contributed by atoms with Gasteiger partial charge in [0.25, 0.3) is 0 Å². The van der Waals surface area contributed by atoms with Gasteiger partial charge in [-0.15, -0.1) is 34.2 Å². The fourth-order valence-electron chi connectivity index (χ4n) is 3.21. The predicted octanol–water partition coefficient (Wildman–Crippen LogP) is 3.07.